The lowest BCUT2D eigenvalue weighted by Crippen LogP contribution is -2.39. The van der Waals surface area contributed by atoms with E-state index >= 15 is 0 Å². The van der Waals surface area contributed by atoms with Crippen molar-refractivity contribution in [2.75, 3.05) is 12.1 Å². The number of hydrazine groups is 1. The first-order valence-electron chi connectivity index (χ1n) is 5.10. The van der Waals surface area contributed by atoms with Crippen LogP contribution in [0.25, 0.3) is 0 Å². The number of aryl methyl sites for hydroxylation is 1. The fourth-order valence-corrected chi connectivity index (χ4v) is 1.52. The summed E-state index contributed by atoms with van der Waals surface area (Å²) in [6.07, 6.45) is 0.382. The molecular weight excluding hydrogens is 240 g/mol. The summed E-state index contributed by atoms with van der Waals surface area (Å²) in [6, 6.07) is 3.68. The van der Waals surface area contributed by atoms with Gasteiger partial charge in [0.15, 0.2) is 0 Å². The summed E-state index contributed by atoms with van der Waals surface area (Å²) >= 11 is 5.88. The first-order chi connectivity index (χ1) is 7.99. The van der Waals surface area contributed by atoms with E-state index in [0.29, 0.717) is 17.8 Å². The zero-order valence-corrected chi connectivity index (χ0v) is 10.7. The van der Waals surface area contributed by atoms with E-state index in [-0.39, 0.29) is 11.1 Å². The number of amides is 1. The maximum absolute atomic E-state index is 11.2. The van der Waals surface area contributed by atoms with Crippen molar-refractivity contribution in [3.05, 3.63) is 22.3 Å². The summed E-state index contributed by atoms with van der Waals surface area (Å²) in [5.74, 6) is 0.376. The van der Waals surface area contributed by atoms with Gasteiger partial charge in [-0.05, 0) is 18.6 Å². The summed E-state index contributed by atoms with van der Waals surface area (Å²) in [5, 5.41) is 10.5. The Balaban J connectivity index is 3.01. The molecule has 0 aliphatic carbocycles. The van der Waals surface area contributed by atoms with Gasteiger partial charge in [-0.1, -0.05) is 18.5 Å². The van der Waals surface area contributed by atoms with Crippen molar-refractivity contribution in [2.45, 2.75) is 20.3 Å². The number of hydrogen-bond donors (Lipinski definition) is 1. The Labute approximate surface area is 105 Å². The molecule has 0 aliphatic heterocycles. The van der Waals surface area contributed by atoms with Crippen LogP contribution in [-0.2, 0) is 4.79 Å². The molecule has 17 heavy (non-hydrogen) atoms. The fourth-order valence-electron chi connectivity index (χ4n) is 1.25. The molecule has 6 heteroatoms. The van der Waals surface area contributed by atoms with Crippen LogP contribution < -0.4 is 10.4 Å². The first-order valence-corrected chi connectivity index (χ1v) is 5.47. The predicted octanol–water partition coefficient (Wildman–Crippen LogP) is 1.79. The minimum atomic E-state index is -0.118. The van der Waals surface area contributed by atoms with Crippen molar-refractivity contribution < 1.29 is 4.79 Å². The zero-order valence-electron chi connectivity index (χ0n) is 9.91. The summed E-state index contributed by atoms with van der Waals surface area (Å²) in [5.41, 5.74) is 3.70. The maximum Gasteiger partial charge on any atom is 0.238 e. The highest BCUT2D eigenvalue weighted by molar-refractivity contribution is 6.30. The minimum Gasteiger partial charge on any atom is -0.273 e. The average molecular weight is 253 g/mol. The molecule has 0 saturated carbocycles. The van der Waals surface area contributed by atoms with Crippen LogP contribution in [0.2, 0.25) is 5.15 Å². The van der Waals surface area contributed by atoms with Gasteiger partial charge in [0.2, 0.25) is 5.91 Å². The second-order valence-corrected chi connectivity index (χ2v) is 3.88. The summed E-state index contributed by atoms with van der Waals surface area (Å²) in [4.78, 5) is 15.3. The van der Waals surface area contributed by atoms with Gasteiger partial charge in [-0.3, -0.25) is 15.2 Å². The highest BCUT2D eigenvalue weighted by atomic mass is 35.5. The van der Waals surface area contributed by atoms with Crippen LogP contribution in [0.1, 0.15) is 24.5 Å². The lowest BCUT2D eigenvalue weighted by Gasteiger charge is -2.19. The topological polar surface area (TPSA) is 69.0 Å². The summed E-state index contributed by atoms with van der Waals surface area (Å²) in [7, 11) is 1.66. The van der Waals surface area contributed by atoms with E-state index in [4.69, 9.17) is 16.9 Å². The number of carbonyl (C=O) groups excluding carboxylic acids is 1. The predicted molar refractivity (Wildman–Crippen MR) is 65.5 cm³/mol. The molecular formula is C11H13ClN4O. The Morgan fingerprint density at radius 2 is 2.35 bits per heavy atom. The van der Waals surface area contributed by atoms with Gasteiger partial charge in [-0.25, -0.2) is 4.98 Å². The molecule has 1 aromatic heterocycles. The molecule has 0 aliphatic rings. The number of rotatable bonds is 3. The molecule has 0 fully saturated rings. The van der Waals surface area contributed by atoms with Gasteiger partial charge in [0.1, 0.15) is 17.0 Å². The van der Waals surface area contributed by atoms with Gasteiger partial charge in [0.25, 0.3) is 0 Å². The monoisotopic (exact) mass is 252 g/mol. The van der Waals surface area contributed by atoms with Gasteiger partial charge in [-0.15, -0.1) is 0 Å². The van der Waals surface area contributed by atoms with Crippen LogP contribution in [0.4, 0.5) is 5.82 Å². The number of aromatic nitrogens is 1. The molecule has 0 bridgehead atoms. The van der Waals surface area contributed by atoms with Gasteiger partial charge >= 0.3 is 0 Å². The van der Waals surface area contributed by atoms with Crippen LogP contribution in [0.15, 0.2) is 6.07 Å². The molecule has 5 nitrogen and oxygen atoms in total. The highest BCUT2D eigenvalue weighted by Gasteiger charge is 2.11. The van der Waals surface area contributed by atoms with Crippen LogP contribution in [0.3, 0.4) is 0 Å². The van der Waals surface area contributed by atoms with E-state index < -0.39 is 0 Å². The van der Waals surface area contributed by atoms with Crippen LogP contribution in [0, 0.1) is 18.3 Å². The normalized spacial score (nSPS) is 9.59. The molecule has 1 N–H and O–H groups in total. The second kappa shape index (κ2) is 5.51. The Morgan fingerprint density at radius 3 is 2.82 bits per heavy atom. The van der Waals surface area contributed by atoms with E-state index in [0.717, 1.165) is 5.56 Å². The molecule has 0 unspecified atom stereocenters. The lowest BCUT2D eigenvalue weighted by molar-refractivity contribution is -0.120. The molecule has 0 radical (unpaired) electrons. The van der Waals surface area contributed by atoms with Gasteiger partial charge in [0.05, 0.1) is 5.56 Å². The van der Waals surface area contributed by atoms with Crippen molar-refractivity contribution in [2.24, 2.45) is 0 Å². The van der Waals surface area contributed by atoms with E-state index in [1.165, 1.54) is 5.01 Å². The molecule has 0 atom stereocenters. The SMILES string of the molecule is CCC(=O)NN(C)c1cc(C)c(C#N)c(Cl)n1. The highest BCUT2D eigenvalue weighted by Crippen LogP contribution is 2.21. The van der Waals surface area contributed by atoms with E-state index in [1.807, 2.05) is 6.07 Å². The number of anilines is 1. The Kier molecular flexibility index (Phi) is 4.30. The van der Waals surface area contributed by atoms with E-state index in [9.17, 15) is 4.79 Å². The van der Waals surface area contributed by atoms with Crippen LogP contribution in [-0.4, -0.2) is 17.9 Å². The molecule has 1 heterocycles. The maximum atomic E-state index is 11.2. The number of nitriles is 1. The van der Waals surface area contributed by atoms with Crippen molar-refractivity contribution >= 4 is 23.3 Å². The van der Waals surface area contributed by atoms with E-state index in [2.05, 4.69) is 10.4 Å². The zero-order chi connectivity index (χ0) is 13.0. The molecule has 0 spiro atoms. The molecule has 90 valence electrons. The van der Waals surface area contributed by atoms with Gasteiger partial charge < -0.3 is 0 Å². The van der Waals surface area contributed by atoms with Crippen molar-refractivity contribution in [3.63, 3.8) is 0 Å². The smallest absolute Gasteiger partial charge is 0.238 e. The Hall–Kier alpha value is -1.80. The van der Waals surface area contributed by atoms with Crippen LogP contribution >= 0.6 is 11.6 Å². The number of pyridine rings is 1. The minimum absolute atomic E-state index is 0.118. The molecule has 1 amide bonds. The third-order valence-electron chi connectivity index (χ3n) is 2.23. The lowest BCUT2D eigenvalue weighted by atomic mass is 10.2. The van der Waals surface area contributed by atoms with Gasteiger partial charge in [0, 0.05) is 13.5 Å². The van der Waals surface area contributed by atoms with Crippen molar-refractivity contribution in [3.8, 4) is 6.07 Å². The summed E-state index contributed by atoms with van der Waals surface area (Å²) < 4.78 is 0. The quantitative estimate of drug-likeness (QED) is 0.658. The Morgan fingerprint density at radius 1 is 1.71 bits per heavy atom. The molecule has 1 rings (SSSR count). The number of nitrogens with one attached hydrogen (secondary N) is 1. The number of carbonyl (C=O) groups is 1. The fraction of sp³-hybridized carbons (Fsp3) is 0.364. The van der Waals surface area contributed by atoms with Crippen molar-refractivity contribution in [1.82, 2.24) is 10.4 Å². The number of halogens is 1. The first kappa shape index (κ1) is 13.3. The molecule has 0 aromatic carbocycles. The number of nitrogens with zero attached hydrogens (tertiary/aromatic N) is 3. The number of hydrogen-bond acceptors (Lipinski definition) is 4. The average Bonchev–Trinajstić information content (AvgIpc) is 2.28. The van der Waals surface area contributed by atoms with Gasteiger partial charge in [-0.2, -0.15) is 5.26 Å². The standard InChI is InChI=1S/C11H13ClN4O/c1-4-10(17)15-16(3)9-5-7(2)8(6-13)11(12)14-9/h5H,4H2,1-3H3,(H,15,17). The Bertz CT molecular complexity index is 458. The summed E-state index contributed by atoms with van der Waals surface area (Å²) in [6.45, 7) is 3.53. The molecule has 1 aromatic rings. The van der Waals surface area contributed by atoms with Crippen LogP contribution in [0.5, 0.6) is 0 Å². The van der Waals surface area contributed by atoms with E-state index in [1.54, 1.807) is 27.0 Å². The third-order valence-corrected chi connectivity index (χ3v) is 2.50. The second-order valence-electron chi connectivity index (χ2n) is 3.52. The largest absolute Gasteiger partial charge is 0.273 e. The third kappa shape index (κ3) is 3.08. The van der Waals surface area contributed by atoms with Crippen molar-refractivity contribution in [1.29, 1.82) is 5.26 Å². The molecule has 0 saturated heterocycles.